The third-order valence-electron chi connectivity index (χ3n) is 9.06. The number of carbonyl (C=O) groups excluding carboxylic acids is 3. The van der Waals surface area contributed by atoms with Gasteiger partial charge < -0.3 is 9.84 Å². The molecule has 2 heterocycles. The monoisotopic (exact) mass is 546 g/mol. The summed E-state index contributed by atoms with van der Waals surface area (Å²) in [5.41, 5.74) is 1.51. The number of esters is 1. The number of aliphatic carboxylic acids is 1. The van der Waals surface area contributed by atoms with Crippen LogP contribution in [-0.4, -0.2) is 34.4 Å². The third kappa shape index (κ3) is 4.72. The Morgan fingerprint density at radius 1 is 0.975 bits per heavy atom. The predicted molar refractivity (Wildman–Crippen MR) is 150 cm³/mol. The van der Waals surface area contributed by atoms with E-state index in [2.05, 4.69) is 5.32 Å². The number of para-hydroxylation sites is 1. The molecule has 40 heavy (non-hydrogen) atoms. The number of hydrogen-bond donors (Lipinski definition) is 2. The largest absolute Gasteiger partial charge is 0.480 e. The van der Waals surface area contributed by atoms with Gasteiger partial charge in [0.1, 0.15) is 11.3 Å². The van der Waals surface area contributed by atoms with Crippen LogP contribution in [0, 0.1) is 17.8 Å². The SMILES string of the molecule is CCc1cccc(CC)c1N1C(=O)C2C(c3ccc(OC(C)=O)cc3)NC(CC3CCCCC3)(C(=O)O)C2C1=O. The quantitative estimate of drug-likeness (QED) is 0.273. The summed E-state index contributed by atoms with van der Waals surface area (Å²) in [6.45, 7) is 5.30. The number of hydrogen-bond acceptors (Lipinski definition) is 6. The van der Waals surface area contributed by atoms with Gasteiger partial charge in [0.05, 0.1) is 17.5 Å². The summed E-state index contributed by atoms with van der Waals surface area (Å²) in [6.07, 6.45) is 6.62. The molecule has 3 aliphatic rings. The number of carboxylic acid groups (broad SMARTS) is 1. The van der Waals surface area contributed by atoms with Crippen LogP contribution in [-0.2, 0) is 32.0 Å². The normalized spacial score (nSPS) is 26.7. The molecule has 1 saturated carbocycles. The first kappa shape index (κ1) is 28.0. The van der Waals surface area contributed by atoms with Crippen LogP contribution in [0.15, 0.2) is 42.5 Å². The van der Waals surface area contributed by atoms with Gasteiger partial charge in [-0.25, -0.2) is 4.90 Å². The van der Waals surface area contributed by atoms with E-state index < -0.39 is 41.3 Å². The van der Waals surface area contributed by atoms with Crippen molar-refractivity contribution >= 4 is 29.4 Å². The Morgan fingerprint density at radius 2 is 1.60 bits per heavy atom. The molecule has 2 aromatic rings. The average Bonchev–Trinajstić information content (AvgIpc) is 3.42. The molecule has 2 N–H and O–H groups in total. The van der Waals surface area contributed by atoms with Gasteiger partial charge in [-0.3, -0.25) is 24.5 Å². The second kappa shape index (κ2) is 11.2. The van der Waals surface area contributed by atoms with Gasteiger partial charge in [-0.1, -0.05) is 76.3 Å². The molecular formula is C32H38N2O6. The molecule has 0 aromatic heterocycles. The summed E-state index contributed by atoms with van der Waals surface area (Å²) in [4.78, 5) is 54.7. The summed E-state index contributed by atoms with van der Waals surface area (Å²) in [6, 6.07) is 11.9. The fraction of sp³-hybridized carbons (Fsp3) is 0.500. The van der Waals surface area contributed by atoms with Crippen LogP contribution < -0.4 is 15.0 Å². The molecule has 0 spiro atoms. The van der Waals surface area contributed by atoms with E-state index in [-0.39, 0.29) is 11.8 Å². The Kier molecular flexibility index (Phi) is 7.82. The maximum Gasteiger partial charge on any atom is 0.324 e. The van der Waals surface area contributed by atoms with Gasteiger partial charge in [0.2, 0.25) is 11.8 Å². The second-order valence-corrected chi connectivity index (χ2v) is 11.4. The molecule has 8 nitrogen and oxygen atoms in total. The molecular weight excluding hydrogens is 508 g/mol. The van der Waals surface area contributed by atoms with Crippen LogP contribution in [0.5, 0.6) is 5.75 Å². The number of fused-ring (bicyclic) bond motifs is 1. The summed E-state index contributed by atoms with van der Waals surface area (Å²) in [5, 5.41) is 14.2. The third-order valence-corrected chi connectivity index (χ3v) is 9.06. The van der Waals surface area contributed by atoms with Crippen molar-refractivity contribution in [3.05, 3.63) is 59.2 Å². The summed E-state index contributed by atoms with van der Waals surface area (Å²) in [7, 11) is 0. The van der Waals surface area contributed by atoms with E-state index in [0.29, 0.717) is 36.3 Å². The molecule has 1 aliphatic carbocycles. The molecule has 2 saturated heterocycles. The molecule has 2 aromatic carbocycles. The number of aryl methyl sites for hydroxylation is 2. The highest BCUT2D eigenvalue weighted by Gasteiger charge is 2.69. The molecule has 0 bridgehead atoms. The van der Waals surface area contributed by atoms with Gasteiger partial charge in [0.15, 0.2) is 0 Å². The lowest BCUT2D eigenvalue weighted by molar-refractivity contribution is -0.150. The number of amides is 2. The van der Waals surface area contributed by atoms with Gasteiger partial charge in [0.25, 0.3) is 0 Å². The number of nitrogens with zero attached hydrogens (tertiary/aromatic N) is 1. The highest BCUT2D eigenvalue weighted by Crippen LogP contribution is 2.53. The zero-order valence-electron chi connectivity index (χ0n) is 23.4. The summed E-state index contributed by atoms with van der Waals surface area (Å²) in [5.74, 6) is -3.72. The van der Waals surface area contributed by atoms with Crippen molar-refractivity contribution in [2.45, 2.75) is 83.7 Å². The van der Waals surface area contributed by atoms with Crippen molar-refractivity contribution in [1.29, 1.82) is 0 Å². The van der Waals surface area contributed by atoms with Crippen LogP contribution in [0.1, 0.15) is 82.0 Å². The Balaban J connectivity index is 1.63. The lowest BCUT2D eigenvalue weighted by Gasteiger charge is -2.36. The van der Waals surface area contributed by atoms with Crippen LogP contribution in [0.4, 0.5) is 5.69 Å². The molecule has 2 amide bonds. The lowest BCUT2D eigenvalue weighted by Crippen LogP contribution is -2.57. The number of benzene rings is 2. The molecule has 5 rings (SSSR count). The number of carboxylic acids is 1. The van der Waals surface area contributed by atoms with E-state index >= 15 is 0 Å². The fourth-order valence-corrected chi connectivity index (χ4v) is 7.24. The predicted octanol–water partition coefficient (Wildman–Crippen LogP) is 4.98. The smallest absolute Gasteiger partial charge is 0.324 e. The summed E-state index contributed by atoms with van der Waals surface area (Å²) >= 11 is 0. The Bertz CT molecular complexity index is 1290. The lowest BCUT2D eigenvalue weighted by atomic mass is 9.72. The minimum absolute atomic E-state index is 0.161. The first-order chi connectivity index (χ1) is 19.2. The van der Waals surface area contributed by atoms with Gasteiger partial charge >= 0.3 is 11.9 Å². The molecule has 3 fully saturated rings. The highest BCUT2D eigenvalue weighted by molar-refractivity contribution is 6.25. The van der Waals surface area contributed by atoms with E-state index in [9.17, 15) is 24.3 Å². The average molecular weight is 547 g/mol. The van der Waals surface area contributed by atoms with Crippen LogP contribution in [0.2, 0.25) is 0 Å². The van der Waals surface area contributed by atoms with E-state index in [1.54, 1.807) is 24.3 Å². The van der Waals surface area contributed by atoms with Crippen molar-refractivity contribution in [3.8, 4) is 5.75 Å². The van der Waals surface area contributed by atoms with Crippen molar-refractivity contribution in [2.75, 3.05) is 4.90 Å². The zero-order chi connectivity index (χ0) is 28.6. The standard InChI is InChI=1S/C32H38N2O6/c1-4-21-12-9-13-22(5-2)28(21)34-29(36)25-26(30(34)37)32(31(38)39,18-20-10-7-6-8-11-20)33-27(25)23-14-16-24(17-15-23)40-19(3)35/h9,12-17,20,25-27,33H,4-8,10-11,18H2,1-3H3,(H,38,39). The van der Waals surface area contributed by atoms with Crippen molar-refractivity contribution in [2.24, 2.45) is 17.8 Å². The number of anilines is 1. The maximum atomic E-state index is 14.4. The molecule has 4 atom stereocenters. The Morgan fingerprint density at radius 3 is 2.15 bits per heavy atom. The van der Waals surface area contributed by atoms with E-state index in [0.717, 1.165) is 43.2 Å². The number of ether oxygens (including phenoxy) is 1. The Labute approximate surface area is 235 Å². The zero-order valence-corrected chi connectivity index (χ0v) is 23.4. The summed E-state index contributed by atoms with van der Waals surface area (Å²) < 4.78 is 5.18. The molecule has 2 aliphatic heterocycles. The first-order valence-corrected chi connectivity index (χ1v) is 14.5. The minimum Gasteiger partial charge on any atom is -0.480 e. The minimum atomic E-state index is -1.57. The van der Waals surface area contributed by atoms with Crippen LogP contribution in [0.25, 0.3) is 0 Å². The number of nitrogens with one attached hydrogen (secondary N) is 1. The number of carbonyl (C=O) groups is 4. The molecule has 4 unspecified atom stereocenters. The maximum absolute atomic E-state index is 14.4. The Hall–Kier alpha value is -3.52. The van der Waals surface area contributed by atoms with Gasteiger partial charge in [-0.2, -0.15) is 0 Å². The second-order valence-electron chi connectivity index (χ2n) is 11.4. The van der Waals surface area contributed by atoms with Crippen LogP contribution in [0.3, 0.4) is 0 Å². The van der Waals surface area contributed by atoms with E-state index in [1.165, 1.54) is 11.8 Å². The van der Waals surface area contributed by atoms with E-state index in [4.69, 9.17) is 4.74 Å². The van der Waals surface area contributed by atoms with Gasteiger partial charge in [-0.15, -0.1) is 0 Å². The number of imide groups is 1. The van der Waals surface area contributed by atoms with Gasteiger partial charge in [0, 0.05) is 13.0 Å². The van der Waals surface area contributed by atoms with Crippen molar-refractivity contribution in [3.63, 3.8) is 0 Å². The first-order valence-electron chi connectivity index (χ1n) is 14.5. The van der Waals surface area contributed by atoms with Gasteiger partial charge in [-0.05, 0) is 54.0 Å². The molecule has 212 valence electrons. The topological polar surface area (TPSA) is 113 Å². The fourth-order valence-electron chi connectivity index (χ4n) is 7.24. The van der Waals surface area contributed by atoms with Crippen molar-refractivity contribution < 1.29 is 29.0 Å². The van der Waals surface area contributed by atoms with Crippen molar-refractivity contribution in [1.82, 2.24) is 5.32 Å². The molecule has 0 radical (unpaired) electrons. The van der Waals surface area contributed by atoms with E-state index in [1.807, 2.05) is 32.0 Å². The highest BCUT2D eigenvalue weighted by atomic mass is 16.5. The number of rotatable bonds is 8. The van der Waals surface area contributed by atoms with Crippen LogP contribution >= 0.6 is 0 Å². The molecule has 8 heteroatoms.